The number of halogens is 1. The van der Waals surface area contributed by atoms with Crippen LogP contribution in [0.2, 0.25) is 0 Å². The van der Waals surface area contributed by atoms with Gasteiger partial charge in [0, 0.05) is 12.6 Å². The van der Waals surface area contributed by atoms with E-state index < -0.39 is 6.10 Å². The Kier molecular flexibility index (Phi) is 3.63. The average molecular weight is 291 g/mol. The van der Waals surface area contributed by atoms with Gasteiger partial charge in [-0.1, -0.05) is 0 Å². The molecule has 112 valence electrons. The first-order valence-corrected chi connectivity index (χ1v) is 7.20. The molecule has 3 rings (SSSR count). The van der Waals surface area contributed by atoms with Crippen molar-refractivity contribution in [1.29, 1.82) is 0 Å². The number of benzene rings is 1. The largest absolute Gasteiger partial charge is 0.365 e. The van der Waals surface area contributed by atoms with E-state index in [0.29, 0.717) is 24.4 Å². The molecular weight excluding hydrogens is 273 g/mol. The van der Waals surface area contributed by atoms with Crippen LogP contribution in [0.4, 0.5) is 10.3 Å². The van der Waals surface area contributed by atoms with Gasteiger partial charge >= 0.3 is 0 Å². The van der Waals surface area contributed by atoms with Crippen LogP contribution in [-0.2, 0) is 16.1 Å². The summed E-state index contributed by atoms with van der Waals surface area (Å²) in [5, 5.41) is 2.80. The summed E-state index contributed by atoms with van der Waals surface area (Å²) >= 11 is 0. The maximum atomic E-state index is 13.3. The van der Waals surface area contributed by atoms with Crippen molar-refractivity contribution in [1.82, 2.24) is 9.55 Å². The minimum Gasteiger partial charge on any atom is -0.365 e. The molecular formula is C15H18FN3O2. The molecule has 1 aromatic heterocycles. The fourth-order valence-electron chi connectivity index (χ4n) is 2.70. The number of carbonyl (C=O) groups is 1. The number of nitrogens with zero attached hydrogens (tertiary/aromatic N) is 2. The van der Waals surface area contributed by atoms with Crippen LogP contribution in [0.5, 0.6) is 0 Å². The molecule has 5 nitrogen and oxygen atoms in total. The lowest BCUT2D eigenvalue weighted by Gasteiger charge is -2.12. The Morgan fingerprint density at radius 2 is 2.33 bits per heavy atom. The molecule has 0 bridgehead atoms. The summed E-state index contributed by atoms with van der Waals surface area (Å²) in [6.45, 7) is 4.55. The van der Waals surface area contributed by atoms with E-state index in [0.717, 1.165) is 11.9 Å². The third-order valence-electron chi connectivity index (χ3n) is 3.79. The van der Waals surface area contributed by atoms with Crippen LogP contribution in [-0.4, -0.2) is 27.7 Å². The van der Waals surface area contributed by atoms with Crippen molar-refractivity contribution in [2.24, 2.45) is 0 Å². The predicted molar refractivity (Wildman–Crippen MR) is 77.6 cm³/mol. The highest BCUT2D eigenvalue weighted by Gasteiger charge is 2.29. The Morgan fingerprint density at radius 1 is 1.52 bits per heavy atom. The van der Waals surface area contributed by atoms with E-state index >= 15 is 0 Å². The van der Waals surface area contributed by atoms with Gasteiger partial charge in [0.25, 0.3) is 5.91 Å². The Morgan fingerprint density at radius 3 is 3.00 bits per heavy atom. The van der Waals surface area contributed by atoms with Crippen LogP contribution < -0.4 is 5.32 Å². The van der Waals surface area contributed by atoms with E-state index in [2.05, 4.69) is 10.3 Å². The molecule has 0 spiro atoms. The van der Waals surface area contributed by atoms with Crippen molar-refractivity contribution in [2.45, 2.75) is 45.4 Å². The van der Waals surface area contributed by atoms with Gasteiger partial charge in [-0.2, -0.15) is 0 Å². The van der Waals surface area contributed by atoms with Gasteiger partial charge < -0.3 is 9.30 Å². The summed E-state index contributed by atoms with van der Waals surface area (Å²) in [6, 6.07) is 4.43. The van der Waals surface area contributed by atoms with E-state index in [1.54, 1.807) is 6.07 Å². The lowest BCUT2D eigenvalue weighted by molar-refractivity contribution is -0.126. The average Bonchev–Trinajstić information content (AvgIpc) is 3.01. The topological polar surface area (TPSA) is 56.2 Å². The maximum absolute atomic E-state index is 13.3. The number of amides is 1. The van der Waals surface area contributed by atoms with Crippen LogP contribution in [0.15, 0.2) is 18.2 Å². The molecule has 0 aliphatic carbocycles. The first kappa shape index (κ1) is 14.0. The number of imidazole rings is 1. The first-order chi connectivity index (χ1) is 10.1. The molecule has 1 fully saturated rings. The van der Waals surface area contributed by atoms with E-state index in [4.69, 9.17) is 4.74 Å². The van der Waals surface area contributed by atoms with Crippen molar-refractivity contribution in [2.75, 3.05) is 5.32 Å². The second kappa shape index (κ2) is 5.44. The minimum absolute atomic E-state index is 0.111. The highest BCUT2D eigenvalue weighted by Crippen LogP contribution is 2.23. The quantitative estimate of drug-likeness (QED) is 0.946. The molecule has 1 amide bonds. The van der Waals surface area contributed by atoms with Crippen molar-refractivity contribution in [3.05, 3.63) is 24.0 Å². The summed E-state index contributed by atoms with van der Waals surface area (Å²) in [6.07, 6.45) is 1.28. The van der Waals surface area contributed by atoms with Crippen molar-refractivity contribution in [3.63, 3.8) is 0 Å². The number of nitrogens with one attached hydrogen (secondary N) is 1. The Labute approximate surface area is 122 Å². The van der Waals surface area contributed by atoms with E-state index in [1.807, 2.05) is 18.4 Å². The molecule has 0 unspecified atom stereocenters. The number of carbonyl (C=O) groups excluding carboxylic acids is 1. The SMILES string of the molecule is CCn1c(NC(=O)[C@H]2CC[C@H](C)O2)nc2cc(F)ccc21. The molecule has 6 heteroatoms. The lowest BCUT2D eigenvalue weighted by Crippen LogP contribution is -2.29. The van der Waals surface area contributed by atoms with Gasteiger partial charge in [-0.25, -0.2) is 9.37 Å². The zero-order chi connectivity index (χ0) is 15.0. The normalized spacial score (nSPS) is 21.9. The van der Waals surface area contributed by atoms with Crippen molar-refractivity contribution < 1.29 is 13.9 Å². The second-order valence-electron chi connectivity index (χ2n) is 5.31. The molecule has 1 aliphatic rings. The third-order valence-corrected chi connectivity index (χ3v) is 3.79. The molecule has 1 aliphatic heterocycles. The molecule has 0 saturated carbocycles. The number of anilines is 1. The smallest absolute Gasteiger partial charge is 0.255 e. The Bertz CT molecular complexity index is 683. The number of hydrogen-bond acceptors (Lipinski definition) is 3. The molecule has 2 heterocycles. The molecule has 1 N–H and O–H groups in total. The van der Waals surface area contributed by atoms with Gasteiger partial charge in [0.05, 0.1) is 17.1 Å². The van der Waals surface area contributed by atoms with Gasteiger partial charge in [0.15, 0.2) is 0 Å². The Balaban J connectivity index is 1.88. The van der Waals surface area contributed by atoms with Crippen LogP contribution in [0.3, 0.4) is 0 Å². The van der Waals surface area contributed by atoms with E-state index in [-0.39, 0.29) is 17.8 Å². The molecule has 1 saturated heterocycles. The summed E-state index contributed by atoms with van der Waals surface area (Å²) in [7, 11) is 0. The molecule has 2 aromatic rings. The van der Waals surface area contributed by atoms with E-state index in [9.17, 15) is 9.18 Å². The number of aryl methyl sites for hydroxylation is 1. The fraction of sp³-hybridized carbons (Fsp3) is 0.467. The van der Waals surface area contributed by atoms with Crippen LogP contribution in [0.1, 0.15) is 26.7 Å². The van der Waals surface area contributed by atoms with E-state index in [1.165, 1.54) is 12.1 Å². The third kappa shape index (κ3) is 2.63. The number of fused-ring (bicyclic) bond motifs is 1. The zero-order valence-corrected chi connectivity index (χ0v) is 12.1. The monoisotopic (exact) mass is 291 g/mol. The van der Waals surface area contributed by atoms with Crippen LogP contribution in [0, 0.1) is 5.82 Å². The van der Waals surface area contributed by atoms with Gasteiger partial charge in [-0.3, -0.25) is 10.1 Å². The second-order valence-corrected chi connectivity index (χ2v) is 5.31. The summed E-state index contributed by atoms with van der Waals surface area (Å²) in [4.78, 5) is 16.5. The van der Waals surface area contributed by atoms with Crippen molar-refractivity contribution in [3.8, 4) is 0 Å². The fourth-order valence-corrected chi connectivity index (χ4v) is 2.70. The number of aromatic nitrogens is 2. The summed E-state index contributed by atoms with van der Waals surface area (Å²) in [5.41, 5.74) is 1.34. The number of hydrogen-bond donors (Lipinski definition) is 1. The standard InChI is InChI=1S/C15H18FN3O2/c1-3-19-12-6-5-10(16)8-11(12)17-15(19)18-14(20)13-7-4-9(2)21-13/h5-6,8-9,13H,3-4,7H2,1-2H3,(H,17,18,20)/t9-,13+/m0/s1. The zero-order valence-electron chi connectivity index (χ0n) is 12.1. The van der Waals surface area contributed by atoms with Gasteiger partial charge in [-0.15, -0.1) is 0 Å². The molecule has 1 aromatic carbocycles. The molecule has 21 heavy (non-hydrogen) atoms. The number of ether oxygens (including phenoxy) is 1. The maximum Gasteiger partial charge on any atom is 0.255 e. The highest BCUT2D eigenvalue weighted by molar-refractivity contribution is 5.94. The summed E-state index contributed by atoms with van der Waals surface area (Å²) < 4.78 is 20.7. The molecule has 2 atom stereocenters. The van der Waals surface area contributed by atoms with Gasteiger partial charge in [0.1, 0.15) is 11.9 Å². The first-order valence-electron chi connectivity index (χ1n) is 7.20. The van der Waals surface area contributed by atoms with Crippen LogP contribution >= 0.6 is 0 Å². The van der Waals surface area contributed by atoms with Crippen molar-refractivity contribution >= 4 is 22.9 Å². The van der Waals surface area contributed by atoms with Gasteiger partial charge in [-0.05, 0) is 38.8 Å². The number of rotatable bonds is 3. The molecule has 0 radical (unpaired) electrons. The highest BCUT2D eigenvalue weighted by atomic mass is 19.1. The lowest BCUT2D eigenvalue weighted by atomic mass is 10.2. The predicted octanol–water partition coefficient (Wildman–Crippen LogP) is 2.70. The Hall–Kier alpha value is -1.95. The minimum atomic E-state index is -0.429. The van der Waals surface area contributed by atoms with Gasteiger partial charge in [0.2, 0.25) is 5.95 Å². The summed E-state index contributed by atoms with van der Waals surface area (Å²) in [5.74, 6) is -0.0924. The van der Waals surface area contributed by atoms with Crippen LogP contribution in [0.25, 0.3) is 11.0 Å².